The Morgan fingerprint density at radius 2 is 2.21 bits per heavy atom. The molecule has 0 saturated heterocycles. The van der Waals surface area contributed by atoms with E-state index in [2.05, 4.69) is 9.72 Å². The molecule has 0 aliphatic carbocycles. The van der Waals surface area contributed by atoms with E-state index in [1.807, 2.05) is 0 Å². The van der Waals surface area contributed by atoms with Crippen molar-refractivity contribution in [1.82, 2.24) is 4.98 Å². The molecule has 0 fully saturated rings. The van der Waals surface area contributed by atoms with E-state index in [4.69, 9.17) is 23.2 Å². The van der Waals surface area contributed by atoms with Gasteiger partial charge in [-0.15, -0.1) is 0 Å². The Morgan fingerprint density at radius 1 is 1.50 bits per heavy atom. The Labute approximate surface area is 91.3 Å². The highest BCUT2D eigenvalue weighted by atomic mass is 35.5. The van der Waals surface area contributed by atoms with Gasteiger partial charge in [0.25, 0.3) is 0 Å². The fourth-order valence-electron chi connectivity index (χ4n) is 0.773. The molecule has 0 saturated carbocycles. The molecule has 0 unspecified atom stereocenters. The van der Waals surface area contributed by atoms with Crippen LogP contribution < -0.4 is 0 Å². The maximum atomic E-state index is 10.8. The first-order chi connectivity index (χ1) is 6.63. The average molecular weight is 232 g/mol. The fourth-order valence-corrected chi connectivity index (χ4v) is 1.18. The first kappa shape index (κ1) is 11.0. The van der Waals surface area contributed by atoms with Gasteiger partial charge in [-0.3, -0.25) is 0 Å². The number of rotatable bonds is 2. The van der Waals surface area contributed by atoms with Crippen molar-refractivity contribution < 1.29 is 9.53 Å². The van der Waals surface area contributed by atoms with E-state index in [1.165, 1.54) is 19.3 Å². The summed E-state index contributed by atoms with van der Waals surface area (Å²) >= 11 is 11.4. The van der Waals surface area contributed by atoms with Gasteiger partial charge in [-0.05, 0) is 18.2 Å². The number of ether oxygens (including phenoxy) is 1. The van der Waals surface area contributed by atoms with Gasteiger partial charge in [0.15, 0.2) is 0 Å². The normalized spacial score (nSPS) is 10.5. The summed E-state index contributed by atoms with van der Waals surface area (Å²) in [5.41, 5.74) is 0.612. The zero-order chi connectivity index (χ0) is 10.6. The Bertz CT molecular complexity index is 377. The molecule has 0 aliphatic heterocycles. The third-order valence-corrected chi connectivity index (χ3v) is 1.96. The van der Waals surface area contributed by atoms with Crippen LogP contribution in [0, 0.1) is 0 Å². The predicted molar refractivity (Wildman–Crippen MR) is 55.3 cm³/mol. The molecule has 0 amide bonds. The highest BCUT2D eigenvalue weighted by Crippen LogP contribution is 2.17. The van der Waals surface area contributed by atoms with Gasteiger partial charge in [0.05, 0.1) is 7.11 Å². The van der Waals surface area contributed by atoms with Crippen molar-refractivity contribution in [2.45, 2.75) is 0 Å². The van der Waals surface area contributed by atoms with Crippen molar-refractivity contribution in [3.05, 3.63) is 34.1 Å². The van der Waals surface area contributed by atoms with E-state index in [9.17, 15) is 4.79 Å². The molecular weight excluding hydrogens is 225 g/mol. The molecule has 0 aromatic carbocycles. The lowest BCUT2D eigenvalue weighted by Crippen LogP contribution is -1.93. The number of hydrogen-bond donors (Lipinski definition) is 0. The molecule has 14 heavy (non-hydrogen) atoms. The molecule has 0 aliphatic rings. The molecule has 1 aromatic heterocycles. The molecule has 5 heteroatoms. The SMILES string of the molecule is COC(=O)C=Cc1ccc(Cl)nc1Cl. The molecule has 74 valence electrons. The van der Waals surface area contributed by atoms with Crippen LogP contribution in [-0.2, 0) is 9.53 Å². The third kappa shape index (κ3) is 3.01. The van der Waals surface area contributed by atoms with E-state index in [-0.39, 0.29) is 5.15 Å². The van der Waals surface area contributed by atoms with E-state index >= 15 is 0 Å². The number of esters is 1. The number of carbonyl (C=O) groups excluding carboxylic acids is 1. The minimum Gasteiger partial charge on any atom is -0.466 e. The Hall–Kier alpha value is -1.06. The topological polar surface area (TPSA) is 39.2 Å². The summed E-state index contributed by atoms with van der Waals surface area (Å²) in [6.07, 6.45) is 2.77. The molecule has 0 spiro atoms. The van der Waals surface area contributed by atoms with Gasteiger partial charge >= 0.3 is 5.97 Å². The molecule has 0 bridgehead atoms. The summed E-state index contributed by atoms with van der Waals surface area (Å²) in [6.45, 7) is 0. The highest BCUT2D eigenvalue weighted by Gasteiger charge is 1.99. The van der Waals surface area contributed by atoms with Crippen LogP contribution in [0.25, 0.3) is 6.08 Å². The van der Waals surface area contributed by atoms with Crippen molar-refractivity contribution in [3.63, 3.8) is 0 Å². The maximum absolute atomic E-state index is 10.8. The summed E-state index contributed by atoms with van der Waals surface area (Å²) in [4.78, 5) is 14.6. The van der Waals surface area contributed by atoms with Crippen LogP contribution in [0.1, 0.15) is 5.56 Å². The summed E-state index contributed by atoms with van der Waals surface area (Å²) in [5.74, 6) is -0.448. The number of aromatic nitrogens is 1. The van der Waals surface area contributed by atoms with Gasteiger partial charge in [0.1, 0.15) is 10.3 Å². The standard InChI is InChI=1S/C9H7Cl2NO2/c1-14-8(13)5-3-6-2-4-7(10)12-9(6)11/h2-5H,1H3. The lowest BCUT2D eigenvalue weighted by atomic mass is 10.2. The number of pyridine rings is 1. The zero-order valence-electron chi connectivity index (χ0n) is 7.33. The van der Waals surface area contributed by atoms with Gasteiger partial charge in [-0.2, -0.15) is 0 Å². The van der Waals surface area contributed by atoms with Gasteiger partial charge in [-0.1, -0.05) is 23.2 Å². The number of hydrogen-bond acceptors (Lipinski definition) is 3. The lowest BCUT2D eigenvalue weighted by molar-refractivity contribution is -0.134. The smallest absolute Gasteiger partial charge is 0.330 e. The first-order valence-electron chi connectivity index (χ1n) is 3.71. The van der Waals surface area contributed by atoms with Crippen molar-refractivity contribution >= 4 is 35.2 Å². The van der Waals surface area contributed by atoms with Crippen LogP contribution in [-0.4, -0.2) is 18.1 Å². The van der Waals surface area contributed by atoms with Crippen molar-refractivity contribution in [2.75, 3.05) is 7.11 Å². The lowest BCUT2D eigenvalue weighted by Gasteiger charge is -1.97. The number of nitrogens with zero attached hydrogens (tertiary/aromatic N) is 1. The molecular formula is C9H7Cl2NO2. The van der Waals surface area contributed by atoms with Crippen LogP contribution in [0.4, 0.5) is 0 Å². The monoisotopic (exact) mass is 231 g/mol. The molecule has 0 atom stereocenters. The quantitative estimate of drug-likeness (QED) is 0.447. The van der Waals surface area contributed by atoms with E-state index < -0.39 is 5.97 Å². The Morgan fingerprint density at radius 3 is 2.79 bits per heavy atom. The van der Waals surface area contributed by atoms with Crippen LogP contribution in [0.2, 0.25) is 10.3 Å². The second-order valence-electron chi connectivity index (χ2n) is 2.37. The second kappa shape index (κ2) is 4.98. The van der Waals surface area contributed by atoms with Crippen LogP contribution in [0.5, 0.6) is 0 Å². The summed E-state index contributed by atoms with van der Waals surface area (Å²) in [6, 6.07) is 3.25. The summed E-state index contributed by atoms with van der Waals surface area (Å²) in [5, 5.41) is 0.558. The van der Waals surface area contributed by atoms with E-state index in [0.717, 1.165) is 0 Å². The predicted octanol–water partition coefficient (Wildman–Crippen LogP) is 2.57. The largest absolute Gasteiger partial charge is 0.466 e. The van der Waals surface area contributed by atoms with E-state index in [1.54, 1.807) is 12.1 Å². The van der Waals surface area contributed by atoms with Gasteiger partial charge in [0, 0.05) is 11.6 Å². The minimum atomic E-state index is -0.448. The molecule has 1 rings (SSSR count). The number of carbonyl (C=O) groups is 1. The van der Waals surface area contributed by atoms with Crippen LogP contribution in [0.15, 0.2) is 18.2 Å². The first-order valence-corrected chi connectivity index (χ1v) is 4.47. The van der Waals surface area contributed by atoms with Crippen molar-refractivity contribution in [3.8, 4) is 0 Å². The number of methoxy groups -OCH3 is 1. The Kier molecular flexibility index (Phi) is 3.92. The molecule has 0 radical (unpaired) electrons. The second-order valence-corrected chi connectivity index (χ2v) is 3.12. The summed E-state index contributed by atoms with van der Waals surface area (Å²) in [7, 11) is 1.30. The van der Waals surface area contributed by atoms with Gasteiger partial charge < -0.3 is 4.74 Å². The van der Waals surface area contributed by atoms with E-state index in [0.29, 0.717) is 10.7 Å². The van der Waals surface area contributed by atoms with Crippen molar-refractivity contribution in [1.29, 1.82) is 0 Å². The fraction of sp³-hybridized carbons (Fsp3) is 0.111. The average Bonchev–Trinajstić information content (AvgIpc) is 2.16. The number of halogens is 2. The molecule has 0 N–H and O–H groups in total. The Balaban J connectivity index is 2.87. The third-order valence-electron chi connectivity index (χ3n) is 1.44. The summed E-state index contributed by atoms with van der Waals surface area (Å²) < 4.78 is 4.42. The molecule has 1 heterocycles. The molecule has 1 aromatic rings. The zero-order valence-corrected chi connectivity index (χ0v) is 8.84. The minimum absolute atomic E-state index is 0.248. The van der Waals surface area contributed by atoms with Gasteiger partial charge in [0.2, 0.25) is 0 Å². The van der Waals surface area contributed by atoms with Crippen LogP contribution in [0.3, 0.4) is 0 Å². The van der Waals surface area contributed by atoms with Crippen LogP contribution >= 0.6 is 23.2 Å². The maximum Gasteiger partial charge on any atom is 0.330 e. The van der Waals surface area contributed by atoms with Gasteiger partial charge in [-0.25, -0.2) is 9.78 Å². The molecule has 3 nitrogen and oxygen atoms in total. The van der Waals surface area contributed by atoms with Crippen molar-refractivity contribution in [2.24, 2.45) is 0 Å². The highest BCUT2D eigenvalue weighted by molar-refractivity contribution is 6.33.